The van der Waals surface area contributed by atoms with Gasteiger partial charge in [0.2, 0.25) is 5.95 Å². The van der Waals surface area contributed by atoms with Crippen LogP contribution in [0.25, 0.3) is 0 Å². The van der Waals surface area contributed by atoms with E-state index in [0.717, 1.165) is 10.7 Å². The van der Waals surface area contributed by atoms with Crippen molar-refractivity contribution in [2.75, 3.05) is 18.1 Å². The summed E-state index contributed by atoms with van der Waals surface area (Å²) in [4.78, 5) is 20.0. The minimum absolute atomic E-state index is 0.241. The molecule has 0 unspecified atom stereocenters. The zero-order valence-corrected chi connectivity index (χ0v) is 12.2. The Bertz CT molecular complexity index is 430. The topological polar surface area (TPSA) is 64.1 Å². The first-order valence-electron chi connectivity index (χ1n) is 5.68. The Labute approximate surface area is 112 Å². The van der Waals surface area contributed by atoms with Crippen LogP contribution in [-0.4, -0.2) is 34.3 Å². The van der Waals surface area contributed by atoms with Crippen molar-refractivity contribution >= 4 is 23.7 Å². The summed E-state index contributed by atoms with van der Waals surface area (Å²) in [6.45, 7) is 7.44. The Hall–Kier alpha value is -1.30. The number of carbonyl (C=O) groups excluding carboxylic acids is 1. The molecule has 0 atom stereocenters. The van der Waals surface area contributed by atoms with E-state index in [1.165, 1.54) is 11.8 Å². The van der Waals surface area contributed by atoms with Crippen molar-refractivity contribution < 1.29 is 9.53 Å². The van der Waals surface area contributed by atoms with Gasteiger partial charge in [-0.1, -0.05) is 11.8 Å². The van der Waals surface area contributed by atoms with Crippen molar-refractivity contribution in [3.05, 3.63) is 11.8 Å². The third-order valence-electron chi connectivity index (χ3n) is 1.81. The van der Waals surface area contributed by atoms with E-state index in [9.17, 15) is 4.79 Å². The molecule has 1 aromatic heterocycles. The highest BCUT2D eigenvalue weighted by molar-refractivity contribution is 7.99. The lowest BCUT2D eigenvalue weighted by molar-refractivity contribution is -0.151. The molecule has 6 heteroatoms. The molecule has 0 saturated heterocycles. The lowest BCUT2D eigenvalue weighted by Gasteiger charge is -2.19. The van der Waals surface area contributed by atoms with Crippen LogP contribution in [0, 0.1) is 6.92 Å². The first-order valence-corrected chi connectivity index (χ1v) is 6.67. The second kappa shape index (κ2) is 6.04. The van der Waals surface area contributed by atoms with E-state index in [0.29, 0.717) is 5.95 Å². The molecule has 0 saturated carbocycles. The van der Waals surface area contributed by atoms with Crippen LogP contribution in [0.2, 0.25) is 0 Å². The van der Waals surface area contributed by atoms with Gasteiger partial charge in [0.05, 0.1) is 5.75 Å². The van der Waals surface area contributed by atoms with Crippen molar-refractivity contribution in [2.45, 2.75) is 38.3 Å². The van der Waals surface area contributed by atoms with Crippen LogP contribution >= 0.6 is 11.8 Å². The maximum absolute atomic E-state index is 11.6. The van der Waals surface area contributed by atoms with E-state index < -0.39 is 5.60 Å². The smallest absolute Gasteiger partial charge is 0.316 e. The van der Waals surface area contributed by atoms with Crippen molar-refractivity contribution in [1.82, 2.24) is 9.97 Å². The number of nitrogens with zero attached hydrogens (tertiary/aromatic N) is 2. The van der Waals surface area contributed by atoms with Gasteiger partial charge in [-0.15, -0.1) is 0 Å². The molecule has 18 heavy (non-hydrogen) atoms. The summed E-state index contributed by atoms with van der Waals surface area (Å²) in [6, 6.07) is 1.84. The summed E-state index contributed by atoms with van der Waals surface area (Å²) in [5.41, 5.74) is 0.413. The van der Waals surface area contributed by atoms with Gasteiger partial charge in [0, 0.05) is 12.7 Å². The summed E-state index contributed by atoms with van der Waals surface area (Å²) >= 11 is 1.35. The van der Waals surface area contributed by atoms with Gasteiger partial charge >= 0.3 is 5.97 Å². The Balaban J connectivity index is 2.58. The predicted octanol–water partition coefficient (Wildman–Crippen LogP) is 2.26. The minimum atomic E-state index is -0.449. The SMILES string of the molecule is CNc1nc(C)cc(SCC(=O)OC(C)(C)C)n1. The third-order valence-corrected chi connectivity index (χ3v) is 2.70. The number of carbonyl (C=O) groups is 1. The Morgan fingerprint density at radius 1 is 1.44 bits per heavy atom. The fraction of sp³-hybridized carbons (Fsp3) is 0.583. The number of aromatic nitrogens is 2. The third kappa shape index (κ3) is 5.35. The molecule has 0 radical (unpaired) electrons. The molecule has 0 spiro atoms. The van der Waals surface area contributed by atoms with Crippen LogP contribution in [0.5, 0.6) is 0 Å². The first kappa shape index (κ1) is 14.8. The Kier molecular flexibility index (Phi) is 4.95. The van der Waals surface area contributed by atoms with Crippen LogP contribution in [0.1, 0.15) is 26.5 Å². The molecule has 0 aliphatic heterocycles. The average molecular weight is 269 g/mol. The van der Waals surface area contributed by atoms with E-state index in [2.05, 4.69) is 15.3 Å². The van der Waals surface area contributed by atoms with Crippen LogP contribution in [-0.2, 0) is 9.53 Å². The fourth-order valence-electron chi connectivity index (χ4n) is 1.23. The molecule has 0 aliphatic carbocycles. The van der Waals surface area contributed by atoms with E-state index >= 15 is 0 Å². The monoisotopic (exact) mass is 269 g/mol. The summed E-state index contributed by atoms with van der Waals surface area (Å²) in [5.74, 6) is 0.563. The van der Waals surface area contributed by atoms with Crippen molar-refractivity contribution in [1.29, 1.82) is 0 Å². The van der Waals surface area contributed by atoms with Crippen LogP contribution in [0.4, 0.5) is 5.95 Å². The number of thioether (sulfide) groups is 1. The quantitative estimate of drug-likeness (QED) is 0.514. The van der Waals surface area contributed by atoms with Gasteiger partial charge in [0.25, 0.3) is 0 Å². The van der Waals surface area contributed by atoms with Gasteiger partial charge in [0.1, 0.15) is 10.6 Å². The molecule has 0 bridgehead atoms. The van der Waals surface area contributed by atoms with Crippen LogP contribution in [0.15, 0.2) is 11.1 Å². The molecule has 0 amide bonds. The highest BCUT2D eigenvalue weighted by Gasteiger charge is 2.16. The highest BCUT2D eigenvalue weighted by Crippen LogP contribution is 2.19. The van der Waals surface area contributed by atoms with Gasteiger partial charge in [-0.2, -0.15) is 0 Å². The molecule has 1 rings (SSSR count). The van der Waals surface area contributed by atoms with E-state index in [1.807, 2.05) is 33.8 Å². The molecule has 1 aromatic rings. The normalized spacial score (nSPS) is 11.2. The first-order chi connectivity index (χ1) is 8.30. The van der Waals surface area contributed by atoms with Crippen LogP contribution in [0.3, 0.4) is 0 Å². The fourth-order valence-corrected chi connectivity index (χ4v) is 1.96. The summed E-state index contributed by atoms with van der Waals surface area (Å²) < 4.78 is 5.23. The maximum atomic E-state index is 11.6. The molecule has 100 valence electrons. The highest BCUT2D eigenvalue weighted by atomic mass is 32.2. The number of aryl methyl sites for hydroxylation is 1. The number of nitrogens with one attached hydrogen (secondary N) is 1. The molecule has 0 aromatic carbocycles. The van der Waals surface area contributed by atoms with Gasteiger partial charge in [0.15, 0.2) is 0 Å². The lowest BCUT2D eigenvalue weighted by Crippen LogP contribution is -2.24. The maximum Gasteiger partial charge on any atom is 0.316 e. The van der Waals surface area contributed by atoms with Crippen molar-refractivity contribution in [3.8, 4) is 0 Å². The number of rotatable bonds is 4. The van der Waals surface area contributed by atoms with Gasteiger partial charge in [-0.3, -0.25) is 4.79 Å². The number of anilines is 1. The van der Waals surface area contributed by atoms with Gasteiger partial charge in [-0.05, 0) is 33.8 Å². The summed E-state index contributed by atoms with van der Waals surface area (Å²) in [5, 5.41) is 3.64. The van der Waals surface area contributed by atoms with Gasteiger partial charge < -0.3 is 10.1 Å². The summed E-state index contributed by atoms with van der Waals surface area (Å²) in [7, 11) is 1.76. The second-order valence-corrected chi connectivity index (χ2v) is 5.79. The molecular formula is C12H19N3O2S. The lowest BCUT2D eigenvalue weighted by atomic mass is 10.2. The van der Waals surface area contributed by atoms with E-state index in [-0.39, 0.29) is 11.7 Å². The van der Waals surface area contributed by atoms with Crippen molar-refractivity contribution in [3.63, 3.8) is 0 Å². The number of ether oxygens (including phenoxy) is 1. The second-order valence-electron chi connectivity index (χ2n) is 4.80. The van der Waals surface area contributed by atoms with Gasteiger partial charge in [-0.25, -0.2) is 9.97 Å². The number of hydrogen-bond acceptors (Lipinski definition) is 6. The standard InChI is InChI=1S/C12H19N3O2S/c1-8-6-9(15-11(13-5)14-8)18-7-10(16)17-12(2,3)4/h6H,7H2,1-5H3,(H,13,14,15). The molecular weight excluding hydrogens is 250 g/mol. The minimum Gasteiger partial charge on any atom is -0.459 e. The molecule has 0 fully saturated rings. The Morgan fingerprint density at radius 2 is 2.11 bits per heavy atom. The molecule has 5 nitrogen and oxygen atoms in total. The van der Waals surface area contributed by atoms with E-state index in [1.54, 1.807) is 7.05 Å². The van der Waals surface area contributed by atoms with Crippen molar-refractivity contribution in [2.24, 2.45) is 0 Å². The molecule has 0 aliphatic rings. The van der Waals surface area contributed by atoms with Crippen LogP contribution < -0.4 is 5.32 Å². The Morgan fingerprint density at radius 3 is 2.67 bits per heavy atom. The zero-order valence-electron chi connectivity index (χ0n) is 11.4. The molecule has 1 N–H and O–H groups in total. The summed E-state index contributed by atoms with van der Waals surface area (Å²) in [6.07, 6.45) is 0. The molecule has 1 heterocycles. The zero-order chi connectivity index (χ0) is 13.8. The van der Waals surface area contributed by atoms with E-state index in [4.69, 9.17) is 4.74 Å². The number of esters is 1. The largest absolute Gasteiger partial charge is 0.459 e. The average Bonchev–Trinajstić information content (AvgIpc) is 2.23. The predicted molar refractivity (Wildman–Crippen MR) is 72.9 cm³/mol. The number of hydrogen-bond donors (Lipinski definition) is 1.